The van der Waals surface area contributed by atoms with E-state index in [0.717, 1.165) is 16.3 Å². The Labute approximate surface area is 140 Å². The lowest BCUT2D eigenvalue weighted by Crippen LogP contribution is -2.13. The van der Waals surface area contributed by atoms with E-state index in [-0.39, 0.29) is 11.2 Å². The molecule has 0 radical (unpaired) electrons. The number of benzene rings is 1. The number of nitriles is 1. The minimum atomic E-state index is -0.0309. The molecule has 4 nitrogen and oxygen atoms in total. The van der Waals surface area contributed by atoms with E-state index in [1.807, 2.05) is 49.4 Å². The maximum atomic E-state index is 12.1. The van der Waals surface area contributed by atoms with Crippen LogP contribution in [0.25, 0.3) is 0 Å². The number of aryl methyl sites for hydroxylation is 1. The standard InChI is InChI=1S/C18H19N3OS/c1-14(11-12-19)23-17-8-3-2-7-16(17)21-18(22)10-9-15-6-4-5-13-20-15/h2-8,13-14H,9-11H2,1H3,(H,21,22). The summed E-state index contributed by atoms with van der Waals surface area (Å²) >= 11 is 1.60. The van der Waals surface area contributed by atoms with E-state index < -0.39 is 0 Å². The first-order chi connectivity index (χ1) is 11.2. The van der Waals surface area contributed by atoms with Gasteiger partial charge in [-0.15, -0.1) is 11.8 Å². The fourth-order valence-corrected chi connectivity index (χ4v) is 3.05. The summed E-state index contributed by atoms with van der Waals surface area (Å²) in [6.45, 7) is 2.01. The number of rotatable bonds is 7. The van der Waals surface area contributed by atoms with E-state index in [2.05, 4.69) is 16.4 Å². The Balaban J connectivity index is 1.94. The Morgan fingerprint density at radius 3 is 2.83 bits per heavy atom. The van der Waals surface area contributed by atoms with Crippen molar-refractivity contribution >= 4 is 23.4 Å². The minimum absolute atomic E-state index is 0.0309. The zero-order valence-corrected chi connectivity index (χ0v) is 13.8. The molecular formula is C18H19N3OS. The second-order valence-corrected chi connectivity index (χ2v) is 6.64. The first kappa shape index (κ1) is 17.0. The Hall–Kier alpha value is -2.32. The van der Waals surface area contributed by atoms with Gasteiger partial charge in [0.25, 0.3) is 0 Å². The molecule has 0 aliphatic carbocycles. The van der Waals surface area contributed by atoms with Gasteiger partial charge in [-0.1, -0.05) is 25.1 Å². The van der Waals surface area contributed by atoms with Gasteiger partial charge in [0.1, 0.15) is 0 Å². The number of hydrogen-bond acceptors (Lipinski definition) is 4. The molecule has 118 valence electrons. The Kier molecular flexibility index (Phi) is 6.64. The van der Waals surface area contributed by atoms with Crippen LogP contribution in [0.4, 0.5) is 5.69 Å². The number of pyridine rings is 1. The van der Waals surface area contributed by atoms with Crippen LogP contribution in [-0.2, 0) is 11.2 Å². The number of carbonyl (C=O) groups excluding carboxylic acids is 1. The van der Waals surface area contributed by atoms with Crippen LogP contribution >= 0.6 is 11.8 Å². The highest BCUT2D eigenvalue weighted by Gasteiger charge is 2.10. The number of hydrogen-bond donors (Lipinski definition) is 1. The molecule has 0 saturated heterocycles. The molecule has 1 N–H and O–H groups in total. The molecule has 0 fully saturated rings. The number of carbonyl (C=O) groups is 1. The number of nitrogens with zero attached hydrogens (tertiary/aromatic N) is 2. The number of nitrogens with one attached hydrogen (secondary N) is 1. The highest BCUT2D eigenvalue weighted by molar-refractivity contribution is 8.00. The van der Waals surface area contributed by atoms with Crippen molar-refractivity contribution in [3.8, 4) is 6.07 Å². The van der Waals surface area contributed by atoms with E-state index in [1.54, 1.807) is 18.0 Å². The first-order valence-corrected chi connectivity index (χ1v) is 8.39. The fourth-order valence-electron chi connectivity index (χ4n) is 2.06. The summed E-state index contributed by atoms with van der Waals surface area (Å²) in [5.41, 5.74) is 1.71. The van der Waals surface area contributed by atoms with E-state index >= 15 is 0 Å². The third-order valence-electron chi connectivity index (χ3n) is 3.20. The molecule has 23 heavy (non-hydrogen) atoms. The smallest absolute Gasteiger partial charge is 0.224 e. The summed E-state index contributed by atoms with van der Waals surface area (Å²) < 4.78 is 0. The van der Waals surface area contributed by atoms with Gasteiger partial charge in [0.05, 0.1) is 11.8 Å². The van der Waals surface area contributed by atoms with Crippen LogP contribution in [0.3, 0.4) is 0 Å². The van der Waals surface area contributed by atoms with E-state index in [1.165, 1.54) is 0 Å². The zero-order chi connectivity index (χ0) is 16.5. The monoisotopic (exact) mass is 325 g/mol. The lowest BCUT2D eigenvalue weighted by molar-refractivity contribution is -0.116. The lowest BCUT2D eigenvalue weighted by atomic mass is 10.2. The minimum Gasteiger partial charge on any atom is -0.325 e. The van der Waals surface area contributed by atoms with Crippen molar-refractivity contribution in [2.75, 3.05) is 5.32 Å². The zero-order valence-electron chi connectivity index (χ0n) is 13.0. The Morgan fingerprint density at radius 2 is 2.09 bits per heavy atom. The highest BCUT2D eigenvalue weighted by atomic mass is 32.2. The highest BCUT2D eigenvalue weighted by Crippen LogP contribution is 2.31. The van der Waals surface area contributed by atoms with Gasteiger partial charge in [0, 0.05) is 34.9 Å². The molecule has 2 rings (SSSR count). The van der Waals surface area contributed by atoms with Crippen molar-refractivity contribution in [3.63, 3.8) is 0 Å². The summed E-state index contributed by atoms with van der Waals surface area (Å²) in [4.78, 5) is 17.4. The van der Waals surface area contributed by atoms with Crippen molar-refractivity contribution in [1.82, 2.24) is 4.98 Å². The van der Waals surface area contributed by atoms with Crippen molar-refractivity contribution in [2.24, 2.45) is 0 Å². The van der Waals surface area contributed by atoms with Crippen LogP contribution in [0, 0.1) is 11.3 Å². The number of thioether (sulfide) groups is 1. The largest absolute Gasteiger partial charge is 0.325 e. The van der Waals surface area contributed by atoms with Crippen LogP contribution in [0.15, 0.2) is 53.6 Å². The van der Waals surface area contributed by atoms with Crippen molar-refractivity contribution in [3.05, 3.63) is 54.4 Å². The molecule has 1 aromatic heterocycles. The SMILES string of the molecule is CC(CC#N)Sc1ccccc1NC(=O)CCc1ccccn1. The van der Waals surface area contributed by atoms with Gasteiger partial charge in [-0.25, -0.2) is 0 Å². The van der Waals surface area contributed by atoms with Gasteiger partial charge in [-0.3, -0.25) is 9.78 Å². The van der Waals surface area contributed by atoms with Gasteiger partial charge >= 0.3 is 0 Å². The van der Waals surface area contributed by atoms with E-state index in [0.29, 0.717) is 19.3 Å². The number of anilines is 1. The average Bonchev–Trinajstić information content (AvgIpc) is 2.56. The molecule has 1 heterocycles. The molecule has 0 bridgehead atoms. The van der Waals surface area contributed by atoms with Gasteiger partial charge in [0.15, 0.2) is 0 Å². The van der Waals surface area contributed by atoms with Crippen molar-refractivity contribution < 1.29 is 4.79 Å². The third-order valence-corrected chi connectivity index (χ3v) is 4.38. The molecule has 1 unspecified atom stereocenters. The van der Waals surface area contributed by atoms with Gasteiger partial charge in [0.2, 0.25) is 5.91 Å². The predicted octanol–water partition coefficient (Wildman–Crippen LogP) is 4.05. The molecule has 1 amide bonds. The van der Waals surface area contributed by atoms with Crippen molar-refractivity contribution in [2.45, 2.75) is 36.3 Å². The normalized spacial score (nSPS) is 11.5. The summed E-state index contributed by atoms with van der Waals surface area (Å²) in [7, 11) is 0. The second kappa shape index (κ2) is 8.96. The second-order valence-electron chi connectivity index (χ2n) is 5.16. The van der Waals surface area contributed by atoms with Crippen LogP contribution in [0.5, 0.6) is 0 Å². The van der Waals surface area contributed by atoms with Crippen LogP contribution in [-0.4, -0.2) is 16.1 Å². The number of aromatic nitrogens is 1. The number of amides is 1. The topological polar surface area (TPSA) is 65.8 Å². The third kappa shape index (κ3) is 5.76. The molecule has 0 aliphatic heterocycles. The molecule has 2 aromatic rings. The molecule has 0 saturated carbocycles. The van der Waals surface area contributed by atoms with Crippen LogP contribution in [0.1, 0.15) is 25.5 Å². The molecule has 0 spiro atoms. The first-order valence-electron chi connectivity index (χ1n) is 7.51. The van der Waals surface area contributed by atoms with Crippen LogP contribution < -0.4 is 5.32 Å². The molecular weight excluding hydrogens is 306 g/mol. The Bertz CT molecular complexity index is 682. The van der Waals surface area contributed by atoms with Gasteiger partial charge in [-0.05, 0) is 30.7 Å². The van der Waals surface area contributed by atoms with Crippen molar-refractivity contribution in [1.29, 1.82) is 5.26 Å². The van der Waals surface area contributed by atoms with E-state index in [9.17, 15) is 4.79 Å². The quantitative estimate of drug-likeness (QED) is 0.780. The van der Waals surface area contributed by atoms with E-state index in [4.69, 9.17) is 5.26 Å². The average molecular weight is 325 g/mol. The maximum absolute atomic E-state index is 12.1. The summed E-state index contributed by atoms with van der Waals surface area (Å²) in [6, 6.07) is 15.6. The summed E-state index contributed by atoms with van der Waals surface area (Å²) in [5.74, 6) is -0.0309. The van der Waals surface area contributed by atoms with Gasteiger partial charge in [-0.2, -0.15) is 5.26 Å². The maximum Gasteiger partial charge on any atom is 0.224 e. The molecule has 0 aliphatic rings. The summed E-state index contributed by atoms with van der Waals surface area (Å²) in [5, 5.41) is 11.9. The molecule has 1 atom stereocenters. The molecule has 5 heteroatoms. The lowest BCUT2D eigenvalue weighted by Gasteiger charge is -2.13. The molecule has 1 aromatic carbocycles. The fraction of sp³-hybridized carbons (Fsp3) is 0.278. The predicted molar refractivity (Wildman–Crippen MR) is 93.2 cm³/mol. The Morgan fingerprint density at radius 1 is 1.30 bits per heavy atom. The van der Waals surface area contributed by atoms with Gasteiger partial charge < -0.3 is 5.32 Å². The van der Waals surface area contributed by atoms with Crippen LogP contribution in [0.2, 0.25) is 0 Å². The summed E-state index contributed by atoms with van der Waals surface area (Å²) in [6.07, 6.45) is 3.22. The number of para-hydroxylation sites is 1.